The Morgan fingerprint density at radius 2 is 2.00 bits per heavy atom. The summed E-state index contributed by atoms with van der Waals surface area (Å²) in [4.78, 5) is 29.1. The molecule has 1 aromatic heterocycles. The number of guanidine groups is 1. The van der Waals surface area contributed by atoms with Gasteiger partial charge in [0.1, 0.15) is 16.9 Å². The summed E-state index contributed by atoms with van der Waals surface area (Å²) in [7, 11) is 0. The predicted octanol–water partition coefficient (Wildman–Crippen LogP) is 2.32. The number of amides is 2. The molecule has 0 aliphatic carbocycles. The number of aromatic nitrogens is 1. The summed E-state index contributed by atoms with van der Waals surface area (Å²) in [5.41, 5.74) is 0.491. The van der Waals surface area contributed by atoms with E-state index in [1.165, 1.54) is 0 Å². The summed E-state index contributed by atoms with van der Waals surface area (Å²) in [5, 5.41) is 15.2. The Kier molecular flexibility index (Phi) is 5.50. The number of hydrogen-bond acceptors (Lipinski definition) is 5. The third-order valence-electron chi connectivity index (χ3n) is 5.79. The molecule has 3 rings (SSSR count). The van der Waals surface area contributed by atoms with Crippen LogP contribution in [0.1, 0.15) is 61.8 Å². The van der Waals surface area contributed by atoms with Gasteiger partial charge in [0.2, 0.25) is 0 Å². The van der Waals surface area contributed by atoms with Gasteiger partial charge in [0, 0.05) is 19.6 Å². The molecule has 0 saturated carbocycles. The normalized spacial score (nSPS) is 23.6. The fraction of sp³-hybridized carbons (Fsp3) is 0.700. The number of carbonyl (C=O) groups excluding carboxylic acids is 2. The zero-order valence-electron chi connectivity index (χ0n) is 17.5. The summed E-state index contributed by atoms with van der Waals surface area (Å²) >= 11 is 0. The van der Waals surface area contributed by atoms with Gasteiger partial charge in [-0.2, -0.15) is 0 Å². The van der Waals surface area contributed by atoms with E-state index < -0.39 is 5.54 Å². The van der Waals surface area contributed by atoms with Crippen LogP contribution >= 0.6 is 0 Å². The maximum Gasteiger partial charge on any atom is 0.259 e. The minimum atomic E-state index is -0.689. The van der Waals surface area contributed by atoms with Crippen LogP contribution in [-0.4, -0.2) is 57.9 Å². The van der Waals surface area contributed by atoms with E-state index in [0.29, 0.717) is 49.0 Å². The molecule has 1 aromatic rings. The van der Waals surface area contributed by atoms with Crippen molar-refractivity contribution in [2.24, 2.45) is 11.8 Å². The Labute approximate surface area is 166 Å². The molecule has 28 heavy (non-hydrogen) atoms. The Balaban J connectivity index is 1.58. The van der Waals surface area contributed by atoms with Gasteiger partial charge in [-0.3, -0.25) is 19.9 Å². The summed E-state index contributed by atoms with van der Waals surface area (Å²) < 4.78 is 5.12. The highest BCUT2D eigenvalue weighted by Gasteiger charge is 2.46. The molecule has 2 N–H and O–H groups in total. The number of aryl methyl sites for hydroxylation is 2. The first-order valence-corrected chi connectivity index (χ1v) is 10.0. The van der Waals surface area contributed by atoms with Gasteiger partial charge in [0.15, 0.2) is 5.96 Å². The quantitative estimate of drug-likeness (QED) is 0.804. The van der Waals surface area contributed by atoms with Gasteiger partial charge >= 0.3 is 0 Å². The molecule has 0 aromatic carbocycles. The highest BCUT2D eigenvalue weighted by Crippen LogP contribution is 2.28. The molecule has 0 radical (unpaired) electrons. The fourth-order valence-electron chi connectivity index (χ4n) is 4.43. The highest BCUT2D eigenvalue weighted by molar-refractivity contribution is 6.07. The summed E-state index contributed by atoms with van der Waals surface area (Å²) in [5.74, 6) is 1.35. The summed E-state index contributed by atoms with van der Waals surface area (Å²) in [6.07, 6.45) is 2.33. The van der Waals surface area contributed by atoms with Crippen molar-refractivity contribution in [1.29, 1.82) is 5.41 Å². The van der Waals surface area contributed by atoms with Gasteiger partial charge in [-0.15, -0.1) is 0 Å². The first kappa shape index (κ1) is 20.4. The average Bonchev–Trinajstić information content (AvgIpc) is 3.05. The van der Waals surface area contributed by atoms with Crippen molar-refractivity contribution in [1.82, 2.24) is 20.3 Å². The molecule has 8 heteroatoms. The van der Waals surface area contributed by atoms with Crippen LogP contribution in [0.3, 0.4) is 0 Å². The van der Waals surface area contributed by atoms with Crippen LogP contribution in [0, 0.1) is 31.1 Å². The number of hydrogen-bond donors (Lipinski definition) is 2. The SMILES string of the molecule is Cc1noc(C)c1C(=O)N1CCC(CN2C(=N)NC(C)(CC(C)C)C2=O)CC1. The number of nitrogens with zero attached hydrogens (tertiary/aromatic N) is 3. The lowest BCUT2D eigenvalue weighted by Crippen LogP contribution is -2.46. The Bertz CT molecular complexity index is 759. The molecule has 2 fully saturated rings. The van der Waals surface area contributed by atoms with Crippen molar-refractivity contribution >= 4 is 17.8 Å². The van der Waals surface area contributed by atoms with Gasteiger partial charge in [-0.05, 0) is 51.9 Å². The summed E-state index contributed by atoms with van der Waals surface area (Å²) in [6.45, 7) is 11.4. The molecule has 0 bridgehead atoms. The topological polar surface area (TPSA) is 103 Å². The van der Waals surface area contributed by atoms with Crippen LogP contribution in [-0.2, 0) is 4.79 Å². The largest absolute Gasteiger partial charge is 0.361 e. The lowest BCUT2D eigenvalue weighted by molar-refractivity contribution is -0.131. The van der Waals surface area contributed by atoms with E-state index in [4.69, 9.17) is 9.93 Å². The number of nitrogens with one attached hydrogen (secondary N) is 2. The molecule has 2 aliphatic rings. The van der Waals surface area contributed by atoms with E-state index in [-0.39, 0.29) is 23.7 Å². The van der Waals surface area contributed by atoms with E-state index in [1.54, 1.807) is 18.7 Å². The monoisotopic (exact) mass is 389 g/mol. The minimum Gasteiger partial charge on any atom is -0.361 e. The smallest absolute Gasteiger partial charge is 0.259 e. The summed E-state index contributed by atoms with van der Waals surface area (Å²) in [6, 6.07) is 0. The van der Waals surface area contributed by atoms with Crippen LogP contribution in [0.2, 0.25) is 0 Å². The Morgan fingerprint density at radius 1 is 1.36 bits per heavy atom. The van der Waals surface area contributed by atoms with Crippen molar-refractivity contribution < 1.29 is 14.1 Å². The van der Waals surface area contributed by atoms with Gasteiger partial charge in [0.05, 0.1) is 5.69 Å². The molecule has 3 heterocycles. The van der Waals surface area contributed by atoms with Crippen LogP contribution in [0.4, 0.5) is 0 Å². The first-order chi connectivity index (χ1) is 13.1. The second-order valence-electron chi connectivity index (χ2n) is 8.75. The first-order valence-electron chi connectivity index (χ1n) is 10.0. The van der Waals surface area contributed by atoms with Crippen LogP contribution in [0.25, 0.3) is 0 Å². The third-order valence-corrected chi connectivity index (χ3v) is 5.79. The molecule has 2 amide bonds. The van der Waals surface area contributed by atoms with Gasteiger partial charge < -0.3 is 14.7 Å². The van der Waals surface area contributed by atoms with E-state index in [0.717, 1.165) is 12.8 Å². The number of rotatable bonds is 5. The molecule has 1 unspecified atom stereocenters. The minimum absolute atomic E-state index is 0.0135. The van der Waals surface area contributed by atoms with Crippen LogP contribution in [0.15, 0.2) is 4.52 Å². The molecule has 2 aliphatic heterocycles. The second kappa shape index (κ2) is 7.56. The Morgan fingerprint density at radius 3 is 2.54 bits per heavy atom. The maximum absolute atomic E-state index is 12.9. The number of piperidine rings is 1. The zero-order chi connectivity index (χ0) is 20.6. The maximum atomic E-state index is 12.9. The molecule has 0 spiro atoms. The number of likely N-dealkylation sites (tertiary alicyclic amines) is 1. The van der Waals surface area contributed by atoms with E-state index >= 15 is 0 Å². The fourth-order valence-corrected chi connectivity index (χ4v) is 4.43. The van der Waals surface area contributed by atoms with Crippen molar-refractivity contribution in [3.63, 3.8) is 0 Å². The second-order valence-corrected chi connectivity index (χ2v) is 8.75. The average molecular weight is 390 g/mol. The van der Waals surface area contributed by atoms with Gasteiger partial charge in [0.25, 0.3) is 11.8 Å². The lowest BCUT2D eigenvalue weighted by Gasteiger charge is -2.33. The molecular weight excluding hydrogens is 358 g/mol. The zero-order valence-corrected chi connectivity index (χ0v) is 17.5. The molecule has 1 atom stereocenters. The van der Waals surface area contributed by atoms with Gasteiger partial charge in [-0.1, -0.05) is 19.0 Å². The van der Waals surface area contributed by atoms with Crippen LogP contribution < -0.4 is 5.32 Å². The van der Waals surface area contributed by atoms with E-state index in [1.807, 2.05) is 11.8 Å². The standard InChI is InChI=1S/C20H31N5O3/c1-12(2)10-20(5)18(27)25(19(21)22-20)11-15-6-8-24(9-7-15)17(26)16-13(3)23-28-14(16)4/h12,15H,6-11H2,1-5H3,(H2,21,22). The molecule has 8 nitrogen and oxygen atoms in total. The lowest BCUT2D eigenvalue weighted by atomic mass is 9.90. The van der Waals surface area contributed by atoms with Crippen molar-refractivity contribution in [2.75, 3.05) is 19.6 Å². The van der Waals surface area contributed by atoms with E-state index in [9.17, 15) is 9.59 Å². The number of carbonyl (C=O) groups is 2. The van der Waals surface area contributed by atoms with Crippen LogP contribution in [0.5, 0.6) is 0 Å². The third kappa shape index (κ3) is 3.77. The van der Waals surface area contributed by atoms with Crippen molar-refractivity contribution in [3.05, 3.63) is 17.0 Å². The van der Waals surface area contributed by atoms with E-state index in [2.05, 4.69) is 24.3 Å². The molecule has 154 valence electrons. The van der Waals surface area contributed by atoms with Crippen molar-refractivity contribution in [2.45, 2.75) is 59.4 Å². The predicted molar refractivity (Wildman–Crippen MR) is 105 cm³/mol. The van der Waals surface area contributed by atoms with Crippen molar-refractivity contribution in [3.8, 4) is 0 Å². The Hall–Kier alpha value is -2.38. The van der Waals surface area contributed by atoms with Gasteiger partial charge in [-0.25, -0.2) is 0 Å². The molecular formula is C20H31N5O3. The highest BCUT2D eigenvalue weighted by atomic mass is 16.5. The molecule has 2 saturated heterocycles.